The number of nitrogens with one attached hydrogen (secondary N) is 1. The molecule has 2 aliphatic rings. The van der Waals surface area contributed by atoms with Gasteiger partial charge in [0.25, 0.3) is 11.8 Å². The van der Waals surface area contributed by atoms with Crippen molar-refractivity contribution < 1.29 is 33.3 Å². The summed E-state index contributed by atoms with van der Waals surface area (Å²) in [4.78, 5) is 39.4. The summed E-state index contributed by atoms with van der Waals surface area (Å²) < 4.78 is 22.0. The Morgan fingerprint density at radius 1 is 0.921 bits per heavy atom. The number of methoxy groups -OCH3 is 2. The smallest absolute Gasteiger partial charge is 0.261 e. The number of benzene rings is 3. The standard InChI is InChI=1S/C29H28N2O7/c1-35-25-12-5-18(14-26(25)36-2)15-27(32)30-19-6-8-20(9-7-19)38-21-10-11-23-24(16-21)29(34)31(28(23)33)17-22-4-3-13-37-22/h5-12,14,16,22H,3-4,13,15,17H2,1-2H3,(H,30,32). The molecule has 1 unspecified atom stereocenters. The van der Waals surface area contributed by atoms with Gasteiger partial charge < -0.3 is 24.3 Å². The summed E-state index contributed by atoms with van der Waals surface area (Å²) in [5.74, 6) is 1.30. The maximum atomic E-state index is 12.9. The van der Waals surface area contributed by atoms with E-state index in [1.165, 1.54) is 4.90 Å². The van der Waals surface area contributed by atoms with Crippen LogP contribution in [0.5, 0.6) is 23.0 Å². The van der Waals surface area contributed by atoms with Crippen LogP contribution in [0.3, 0.4) is 0 Å². The van der Waals surface area contributed by atoms with Crippen LogP contribution in [0.1, 0.15) is 39.1 Å². The summed E-state index contributed by atoms with van der Waals surface area (Å²) in [6, 6.07) is 17.1. The lowest BCUT2D eigenvalue weighted by atomic mass is 10.1. The molecule has 0 radical (unpaired) electrons. The Morgan fingerprint density at radius 3 is 2.37 bits per heavy atom. The molecule has 0 aromatic heterocycles. The molecule has 9 nitrogen and oxygen atoms in total. The quantitative estimate of drug-likeness (QED) is 0.419. The number of nitrogens with zero attached hydrogens (tertiary/aromatic N) is 1. The molecule has 1 N–H and O–H groups in total. The Labute approximate surface area is 220 Å². The topological polar surface area (TPSA) is 103 Å². The average Bonchev–Trinajstić information content (AvgIpc) is 3.52. The monoisotopic (exact) mass is 516 g/mol. The molecule has 3 aromatic carbocycles. The normalized spacial score (nSPS) is 16.4. The highest BCUT2D eigenvalue weighted by molar-refractivity contribution is 6.21. The number of fused-ring (bicyclic) bond motifs is 1. The molecule has 196 valence electrons. The molecule has 1 saturated heterocycles. The van der Waals surface area contributed by atoms with E-state index in [0.717, 1.165) is 18.4 Å². The molecule has 5 rings (SSSR count). The summed E-state index contributed by atoms with van der Waals surface area (Å²) in [6.45, 7) is 0.925. The fourth-order valence-electron chi connectivity index (χ4n) is 4.61. The molecule has 38 heavy (non-hydrogen) atoms. The van der Waals surface area contributed by atoms with Crippen molar-refractivity contribution >= 4 is 23.4 Å². The third-order valence-electron chi connectivity index (χ3n) is 6.54. The highest BCUT2D eigenvalue weighted by Gasteiger charge is 2.37. The lowest BCUT2D eigenvalue weighted by molar-refractivity contribution is -0.115. The van der Waals surface area contributed by atoms with E-state index in [0.29, 0.717) is 46.4 Å². The fraction of sp³-hybridized carbons (Fsp3) is 0.276. The highest BCUT2D eigenvalue weighted by Crippen LogP contribution is 2.31. The van der Waals surface area contributed by atoms with Gasteiger partial charge in [0.05, 0.1) is 44.4 Å². The van der Waals surface area contributed by atoms with Gasteiger partial charge >= 0.3 is 0 Å². The zero-order valence-corrected chi connectivity index (χ0v) is 21.2. The van der Waals surface area contributed by atoms with Crippen LogP contribution < -0.4 is 19.5 Å². The van der Waals surface area contributed by atoms with Gasteiger partial charge in [-0.2, -0.15) is 0 Å². The van der Waals surface area contributed by atoms with E-state index in [2.05, 4.69) is 5.32 Å². The first-order valence-electron chi connectivity index (χ1n) is 12.4. The molecule has 0 aliphatic carbocycles. The third-order valence-corrected chi connectivity index (χ3v) is 6.54. The number of amides is 3. The van der Waals surface area contributed by atoms with Crippen molar-refractivity contribution in [3.8, 4) is 23.0 Å². The molecule has 0 saturated carbocycles. The average molecular weight is 517 g/mol. The summed E-state index contributed by atoms with van der Waals surface area (Å²) in [6.07, 6.45) is 1.84. The van der Waals surface area contributed by atoms with Crippen LogP contribution in [0.15, 0.2) is 60.7 Å². The maximum absolute atomic E-state index is 12.9. The zero-order valence-electron chi connectivity index (χ0n) is 21.2. The summed E-state index contributed by atoms with van der Waals surface area (Å²) in [5, 5.41) is 2.86. The van der Waals surface area contributed by atoms with E-state index >= 15 is 0 Å². The number of imide groups is 1. The summed E-state index contributed by atoms with van der Waals surface area (Å²) >= 11 is 0. The minimum Gasteiger partial charge on any atom is -0.493 e. The van der Waals surface area contributed by atoms with Gasteiger partial charge in [-0.25, -0.2) is 0 Å². The van der Waals surface area contributed by atoms with Gasteiger partial charge in [-0.15, -0.1) is 0 Å². The number of carbonyl (C=O) groups excluding carboxylic acids is 3. The predicted octanol–water partition coefficient (Wildman–Crippen LogP) is 4.45. The van der Waals surface area contributed by atoms with Crippen molar-refractivity contribution in [3.63, 3.8) is 0 Å². The minimum absolute atomic E-state index is 0.106. The predicted molar refractivity (Wildman–Crippen MR) is 139 cm³/mol. The molecule has 0 spiro atoms. The number of hydrogen-bond acceptors (Lipinski definition) is 7. The van der Waals surface area contributed by atoms with Gasteiger partial charge in [-0.1, -0.05) is 6.07 Å². The summed E-state index contributed by atoms with van der Waals surface area (Å²) in [7, 11) is 3.11. The minimum atomic E-state index is -0.335. The van der Waals surface area contributed by atoms with Crippen LogP contribution >= 0.6 is 0 Å². The third kappa shape index (κ3) is 5.33. The molecule has 0 bridgehead atoms. The van der Waals surface area contributed by atoms with Crippen molar-refractivity contribution in [2.45, 2.75) is 25.4 Å². The van der Waals surface area contributed by atoms with E-state index in [1.807, 2.05) is 6.07 Å². The Morgan fingerprint density at radius 2 is 1.66 bits per heavy atom. The Balaban J connectivity index is 1.19. The molecular weight excluding hydrogens is 488 g/mol. The van der Waals surface area contributed by atoms with Gasteiger partial charge in [-0.3, -0.25) is 19.3 Å². The van der Waals surface area contributed by atoms with Crippen LogP contribution in [0, 0.1) is 0 Å². The number of carbonyl (C=O) groups is 3. The van der Waals surface area contributed by atoms with Crippen LogP contribution in [0.4, 0.5) is 5.69 Å². The van der Waals surface area contributed by atoms with Crippen LogP contribution in [-0.2, 0) is 16.0 Å². The first-order valence-corrected chi connectivity index (χ1v) is 12.4. The molecule has 1 atom stereocenters. The van der Waals surface area contributed by atoms with Crippen molar-refractivity contribution in [1.82, 2.24) is 4.90 Å². The van der Waals surface area contributed by atoms with Gasteiger partial charge in [0.2, 0.25) is 5.91 Å². The largest absolute Gasteiger partial charge is 0.493 e. The van der Waals surface area contributed by atoms with E-state index < -0.39 is 0 Å². The number of hydrogen-bond donors (Lipinski definition) is 1. The molecule has 3 amide bonds. The number of rotatable bonds is 9. The molecule has 2 heterocycles. The van der Waals surface area contributed by atoms with Crippen molar-refractivity contribution in [1.29, 1.82) is 0 Å². The van der Waals surface area contributed by atoms with E-state index in [9.17, 15) is 14.4 Å². The van der Waals surface area contributed by atoms with E-state index in [4.69, 9.17) is 18.9 Å². The molecule has 9 heteroatoms. The van der Waals surface area contributed by atoms with E-state index in [-0.39, 0.29) is 36.8 Å². The SMILES string of the molecule is COc1ccc(CC(=O)Nc2ccc(Oc3ccc4c(c3)C(=O)N(CC3CCCO3)C4=O)cc2)cc1OC. The second-order valence-electron chi connectivity index (χ2n) is 9.10. The first-order chi connectivity index (χ1) is 18.4. The molecule has 2 aliphatic heterocycles. The lowest BCUT2D eigenvalue weighted by Crippen LogP contribution is -2.36. The number of anilines is 1. The molecular formula is C29H28N2O7. The highest BCUT2D eigenvalue weighted by atomic mass is 16.5. The van der Waals surface area contributed by atoms with Crippen LogP contribution in [0.2, 0.25) is 0 Å². The van der Waals surface area contributed by atoms with Gasteiger partial charge in [-0.05, 0) is 73.0 Å². The second kappa shape index (κ2) is 10.9. The van der Waals surface area contributed by atoms with Crippen molar-refractivity contribution in [2.75, 3.05) is 32.7 Å². The van der Waals surface area contributed by atoms with Gasteiger partial charge in [0.15, 0.2) is 11.5 Å². The molecule has 3 aromatic rings. The molecule has 1 fully saturated rings. The van der Waals surface area contributed by atoms with Crippen LogP contribution in [0.25, 0.3) is 0 Å². The number of ether oxygens (including phenoxy) is 4. The maximum Gasteiger partial charge on any atom is 0.261 e. The van der Waals surface area contributed by atoms with E-state index in [1.54, 1.807) is 68.8 Å². The van der Waals surface area contributed by atoms with Crippen molar-refractivity contribution in [3.05, 3.63) is 77.4 Å². The Hall–Kier alpha value is -4.37. The fourth-order valence-corrected chi connectivity index (χ4v) is 4.61. The Kier molecular flexibility index (Phi) is 7.28. The first kappa shape index (κ1) is 25.3. The summed E-state index contributed by atoms with van der Waals surface area (Å²) in [5.41, 5.74) is 2.10. The Bertz CT molecular complexity index is 1360. The zero-order chi connectivity index (χ0) is 26.6. The van der Waals surface area contributed by atoms with Crippen LogP contribution in [-0.4, -0.2) is 56.1 Å². The second-order valence-corrected chi connectivity index (χ2v) is 9.10. The van der Waals surface area contributed by atoms with Crippen molar-refractivity contribution in [2.24, 2.45) is 0 Å². The van der Waals surface area contributed by atoms with Gasteiger partial charge in [0.1, 0.15) is 11.5 Å². The lowest BCUT2D eigenvalue weighted by Gasteiger charge is -2.17. The van der Waals surface area contributed by atoms with Gasteiger partial charge in [0, 0.05) is 12.3 Å².